The normalized spacial score (nSPS) is 33.4. The topological polar surface area (TPSA) is 527 Å². The summed E-state index contributed by atoms with van der Waals surface area (Å²) in [6.07, 6.45) is -46.5. The van der Waals surface area contributed by atoms with Gasteiger partial charge in [-0.15, -0.1) is 0 Å². The number of carbonyl (C=O) groups excluding carboxylic acids is 14. The van der Waals surface area contributed by atoms with E-state index < -0.39 is 276 Å². The highest BCUT2D eigenvalue weighted by atomic mass is 16.8. The summed E-state index contributed by atoms with van der Waals surface area (Å²) in [4.78, 5) is 185. The Bertz CT molecular complexity index is 2990. The van der Waals surface area contributed by atoms with Crippen LogP contribution in [-0.4, -0.2) is 298 Å². The second kappa shape index (κ2) is 38.5. The molecule has 0 aromatic carbocycles. The molecular formula is C61H88N2O39. The van der Waals surface area contributed by atoms with E-state index >= 15 is 4.79 Å². The van der Waals surface area contributed by atoms with Crippen molar-refractivity contribution in [1.82, 2.24) is 10.6 Å². The largest absolute Gasteiger partial charge is 0.465 e. The molecule has 0 aliphatic carbocycles. The second-order valence-corrected chi connectivity index (χ2v) is 23.6. The van der Waals surface area contributed by atoms with Crippen LogP contribution in [0.25, 0.3) is 0 Å². The molecule has 2 amide bonds. The van der Waals surface area contributed by atoms with E-state index in [2.05, 4.69) is 10.6 Å². The summed E-state index contributed by atoms with van der Waals surface area (Å²) in [5.41, 5.74) is 0. The van der Waals surface area contributed by atoms with E-state index in [9.17, 15) is 77.6 Å². The third kappa shape index (κ3) is 23.8. The monoisotopic (exact) mass is 1470 g/mol. The van der Waals surface area contributed by atoms with Crippen molar-refractivity contribution in [3.05, 3.63) is 0 Å². The summed E-state index contributed by atoms with van der Waals surface area (Å²) >= 11 is 0. The zero-order valence-corrected chi connectivity index (χ0v) is 58.3. The number of aliphatic hydroxyl groups is 3. The fraction of sp³-hybridized carbons (Fsp3) is 0.770. The number of rotatable bonds is 30. The van der Waals surface area contributed by atoms with Gasteiger partial charge < -0.3 is 130 Å². The molecule has 5 saturated heterocycles. The Labute approximate surface area is 582 Å². The van der Waals surface area contributed by atoms with Crippen LogP contribution in [0.4, 0.5) is 0 Å². The maximum absolute atomic E-state index is 15.1. The van der Waals surface area contributed by atoms with Crippen LogP contribution < -0.4 is 10.6 Å². The number of hydrogen-bond acceptors (Lipinski definition) is 39. The molecule has 41 heteroatoms. The Morgan fingerprint density at radius 3 is 1.37 bits per heavy atom. The molecule has 0 spiro atoms. The predicted molar refractivity (Wildman–Crippen MR) is 320 cm³/mol. The molecule has 5 heterocycles. The fourth-order valence-electron chi connectivity index (χ4n) is 11.6. The highest BCUT2D eigenvalue weighted by molar-refractivity contribution is 5.79. The standard InChI is InChI=1S/C61H88N2O39/c1-16-82-58-54(93-34(13)75)52(48(91-32(11)73)40(96-58)21-85-27(6)68)100-56-43(63-24(3)65)50(99-57-45(79)44(78)36(77)18-87-57)46(39(95-56)20-84-26(5)67)98-59-55(94-35(14)76)53(49(92-33(12)74)41(97-59)22-86-28(7)69)102-61(60(80)81-15)17-37(88-29(8)70)42(62-23(2)64)51(101-61)47(90-31(10)72)38(89-30(9)71)19-83-25(4)66/h36-59,77-79H,16-22H2,1-15H3,(H,62,64)(H,63,65)/t36-,37+,38-,39-,40-,41-,42-,43-,44-,45+,46-,47-,48+,49+,50-,51-,52+,53+,54-,55-,56+,57+,58-,59+,61+/m1/s1. The average Bonchev–Trinajstić information content (AvgIpc) is 0.740. The number of amides is 2. The number of carbonyl (C=O) groups is 14. The lowest BCUT2D eigenvalue weighted by molar-refractivity contribution is -0.395. The minimum atomic E-state index is -3.31. The van der Waals surface area contributed by atoms with E-state index in [4.69, 9.17) is 104 Å². The van der Waals surface area contributed by atoms with Crippen LogP contribution >= 0.6 is 0 Å². The first-order valence-electron chi connectivity index (χ1n) is 31.7. The molecule has 5 fully saturated rings. The third-order valence-electron chi connectivity index (χ3n) is 15.2. The van der Waals surface area contributed by atoms with Gasteiger partial charge in [0.05, 0.1) is 26.2 Å². The zero-order chi connectivity index (χ0) is 76.4. The quantitative estimate of drug-likeness (QED) is 0.0335. The van der Waals surface area contributed by atoms with Gasteiger partial charge in [0.1, 0.15) is 106 Å². The number of hydrogen-bond donors (Lipinski definition) is 5. The van der Waals surface area contributed by atoms with Crippen molar-refractivity contribution in [3.63, 3.8) is 0 Å². The van der Waals surface area contributed by atoms with Crippen LogP contribution in [0.15, 0.2) is 0 Å². The van der Waals surface area contributed by atoms with Gasteiger partial charge >= 0.3 is 71.6 Å². The van der Waals surface area contributed by atoms with E-state index in [-0.39, 0.29) is 6.61 Å². The molecule has 0 radical (unpaired) electrons. The van der Waals surface area contributed by atoms with Crippen molar-refractivity contribution in [1.29, 1.82) is 0 Å². The van der Waals surface area contributed by atoms with E-state index in [0.717, 1.165) is 97.1 Å². The summed E-state index contributed by atoms with van der Waals surface area (Å²) in [5, 5.41) is 38.4. The average molecular weight is 1470 g/mol. The summed E-state index contributed by atoms with van der Waals surface area (Å²) in [5.74, 6) is -18.8. The van der Waals surface area contributed by atoms with Gasteiger partial charge in [-0.05, 0) is 6.92 Å². The fourth-order valence-corrected chi connectivity index (χ4v) is 11.6. The molecule has 5 aliphatic rings. The van der Waals surface area contributed by atoms with Crippen LogP contribution in [-0.2, 0) is 171 Å². The highest BCUT2D eigenvalue weighted by Gasteiger charge is 2.65. The second-order valence-electron chi connectivity index (χ2n) is 23.6. The van der Waals surface area contributed by atoms with Crippen molar-refractivity contribution in [2.24, 2.45) is 0 Å². The predicted octanol–water partition coefficient (Wildman–Crippen LogP) is -4.38. The minimum absolute atomic E-state index is 0.169. The van der Waals surface area contributed by atoms with E-state index in [0.29, 0.717) is 0 Å². The van der Waals surface area contributed by atoms with E-state index in [1.54, 1.807) is 0 Å². The highest BCUT2D eigenvalue weighted by Crippen LogP contribution is 2.43. The number of ether oxygens (including phenoxy) is 22. The maximum Gasteiger partial charge on any atom is 0.366 e. The van der Waals surface area contributed by atoms with Crippen LogP contribution in [0.1, 0.15) is 103 Å². The van der Waals surface area contributed by atoms with Crippen molar-refractivity contribution in [3.8, 4) is 0 Å². The van der Waals surface area contributed by atoms with Crippen LogP contribution in [0.5, 0.6) is 0 Å². The summed E-state index contributed by atoms with van der Waals surface area (Å²) in [6, 6.07) is -3.85. The summed E-state index contributed by atoms with van der Waals surface area (Å²) < 4.78 is 131. The minimum Gasteiger partial charge on any atom is -0.465 e. The van der Waals surface area contributed by atoms with Crippen molar-refractivity contribution in [2.75, 3.05) is 46.8 Å². The van der Waals surface area contributed by atoms with Crippen LogP contribution in [0, 0.1) is 0 Å². The smallest absolute Gasteiger partial charge is 0.366 e. The summed E-state index contributed by atoms with van der Waals surface area (Å²) in [7, 11) is 0.778. The molecule has 25 atom stereocenters. The van der Waals surface area contributed by atoms with Crippen LogP contribution in [0.3, 0.4) is 0 Å². The molecule has 102 heavy (non-hydrogen) atoms. The van der Waals surface area contributed by atoms with Crippen molar-refractivity contribution < 1.29 is 187 Å². The maximum atomic E-state index is 15.1. The molecule has 0 aromatic rings. The third-order valence-corrected chi connectivity index (χ3v) is 15.2. The SMILES string of the molecule is CCO[C@@H]1O[C@H](COC(C)=O)[C@H](OC(C)=O)[C@H](O[C@@H]2O[C@H](COC(C)=O)[C@@H](O[C@@H]3O[C@H](COC(C)=O)[C@H](OC(C)=O)[C@H](O[C@]4(C(=O)OC)C[C@H](OC(C)=O)[C@@H](NC(C)=O)[C@H]([C@H](OC(C)=O)[C@@H](COC(C)=O)OC(C)=O)O4)[C@H]3OC(C)=O)[C@H](O[C@@H]3OC[C@@H](O)[C@@H](O)[C@@H]3O)[C@H]2NC(C)=O)[C@H]1OC(C)=O. The van der Waals surface area contributed by atoms with Gasteiger partial charge in [-0.2, -0.15) is 0 Å². The molecule has 5 aliphatic heterocycles. The first kappa shape index (κ1) is 84.7. The molecule has 0 unspecified atom stereocenters. The zero-order valence-electron chi connectivity index (χ0n) is 58.3. The lowest BCUT2D eigenvalue weighted by Gasteiger charge is -2.53. The van der Waals surface area contributed by atoms with Crippen molar-refractivity contribution in [2.45, 2.75) is 256 Å². The van der Waals surface area contributed by atoms with Crippen molar-refractivity contribution >= 4 is 83.4 Å². The van der Waals surface area contributed by atoms with Gasteiger partial charge in [0.15, 0.2) is 61.8 Å². The molecular weight excluding hydrogens is 1380 g/mol. The van der Waals surface area contributed by atoms with Gasteiger partial charge in [-0.1, -0.05) is 0 Å². The number of nitrogens with one attached hydrogen (secondary N) is 2. The van der Waals surface area contributed by atoms with Gasteiger partial charge in [-0.3, -0.25) is 62.3 Å². The lowest BCUT2D eigenvalue weighted by atomic mass is 9.87. The Morgan fingerprint density at radius 1 is 0.461 bits per heavy atom. The Hall–Kier alpha value is -7.94. The first-order valence-corrected chi connectivity index (χ1v) is 31.7. The number of methoxy groups -OCH3 is 1. The molecule has 576 valence electrons. The van der Waals surface area contributed by atoms with Gasteiger partial charge in [0.25, 0.3) is 5.79 Å². The lowest BCUT2D eigenvalue weighted by Crippen LogP contribution is -2.73. The van der Waals surface area contributed by atoms with E-state index in [1.807, 2.05) is 0 Å². The molecule has 0 saturated carbocycles. The number of esters is 12. The van der Waals surface area contributed by atoms with Gasteiger partial charge in [0.2, 0.25) is 11.8 Å². The molecule has 0 aromatic heterocycles. The molecule has 0 bridgehead atoms. The molecule has 5 rings (SSSR count). The summed E-state index contributed by atoms with van der Waals surface area (Å²) in [6.45, 7) is 8.91. The molecule has 41 nitrogen and oxygen atoms in total. The molecule has 5 N–H and O–H groups in total. The van der Waals surface area contributed by atoms with Gasteiger partial charge in [0, 0.05) is 96.6 Å². The van der Waals surface area contributed by atoms with Gasteiger partial charge in [-0.25, -0.2) is 4.79 Å². The van der Waals surface area contributed by atoms with E-state index in [1.165, 1.54) is 6.92 Å². The number of aliphatic hydroxyl groups excluding tert-OH is 3. The Morgan fingerprint density at radius 2 is 0.902 bits per heavy atom. The Kier molecular flexibility index (Phi) is 32.0. The van der Waals surface area contributed by atoms with Crippen LogP contribution in [0.2, 0.25) is 0 Å². The first-order chi connectivity index (χ1) is 47.8. The Balaban J connectivity index is 1.89.